The van der Waals surface area contributed by atoms with Gasteiger partial charge in [-0.05, 0) is 31.0 Å². The summed E-state index contributed by atoms with van der Waals surface area (Å²) >= 11 is 3.24. The Labute approximate surface area is 115 Å². The number of aliphatic hydroxyl groups excluding tert-OH is 1. The number of hydrogen-bond donors (Lipinski definition) is 2. The van der Waals surface area contributed by atoms with E-state index >= 15 is 0 Å². The summed E-state index contributed by atoms with van der Waals surface area (Å²) in [6.45, 7) is 0.331. The summed E-state index contributed by atoms with van der Waals surface area (Å²) in [5, 5.41) is 12.9. The van der Waals surface area contributed by atoms with Crippen LogP contribution in [0.4, 0.5) is 0 Å². The average molecular weight is 334 g/mol. The van der Waals surface area contributed by atoms with Gasteiger partial charge >= 0.3 is 0 Å². The van der Waals surface area contributed by atoms with Crippen molar-refractivity contribution in [2.45, 2.75) is 29.9 Å². The van der Waals surface area contributed by atoms with E-state index in [1.165, 1.54) is 0 Å². The number of halogens is 1. The Morgan fingerprint density at radius 2 is 2.17 bits per heavy atom. The SMILES string of the molecule is O=S(=O)(CC(O)CNC1CC1)c1cccc(Br)c1. The highest BCUT2D eigenvalue weighted by molar-refractivity contribution is 9.10. The molecule has 1 fully saturated rings. The summed E-state index contributed by atoms with van der Waals surface area (Å²) in [5.41, 5.74) is 0. The first-order chi connectivity index (χ1) is 8.47. The monoisotopic (exact) mass is 333 g/mol. The highest BCUT2D eigenvalue weighted by atomic mass is 79.9. The van der Waals surface area contributed by atoms with Gasteiger partial charge in [-0.25, -0.2) is 8.42 Å². The van der Waals surface area contributed by atoms with Crippen molar-refractivity contribution in [2.75, 3.05) is 12.3 Å². The van der Waals surface area contributed by atoms with Gasteiger partial charge in [-0.1, -0.05) is 22.0 Å². The van der Waals surface area contributed by atoms with Gasteiger partial charge in [-0.3, -0.25) is 0 Å². The molecule has 1 atom stereocenters. The van der Waals surface area contributed by atoms with E-state index in [2.05, 4.69) is 21.2 Å². The molecule has 0 aliphatic heterocycles. The molecule has 0 bridgehead atoms. The van der Waals surface area contributed by atoms with E-state index < -0.39 is 15.9 Å². The zero-order chi connectivity index (χ0) is 13.2. The normalized spacial score (nSPS) is 17.7. The minimum atomic E-state index is -3.43. The molecule has 2 N–H and O–H groups in total. The van der Waals surface area contributed by atoms with Crippen molar-refractivity contribution in [3.05, 3.63) is 28.7 Å². The van der Waals surface area contributed by atoms with Crippen LogP contribution in [0.5, 0.6) is 0 Å². The van der Waals surface area contributed by atoms with E-state index in [0.717, 1.165) is 12.8 Å². The van der Waals surface area contributed by atoms with Crippen LogP contribution in [0.15, 0.2) is 33.6 Å². The molecule has 0 amide bonds. The molecule has 1 aromatic rings. The fourth-order valence-electron chi connectivity index (χ4n) is 1.66. The predicted octanol–water partition coefficient (Wildman–Crippen LogP) is 1.34. The second kappa shape index (κ2) is 5.69. The Bertz CT molecular complexity index is 514. The molecule has 1 unspecified atom stereocenters. The molecule has 1 saturated carbocycles. The minimum Gasteiger partial charge on any atom is -0.391 e. The number of hydrogen-bond acceptors (Lipinski definition) is 4. The van der Waals surface area contributed by atoms with E-state index in [1.54, 1.807) is 24.3 Å². The number of sulfone groups is 1. The molecule has 6 heteroatoms. The van der Waals surface area contributed by atoms with Gasteiger partial charge in [0.05, 0.1) is 16.8 Å². The maximum atomic E-state index is 12.0. The highest BCUT2D eigenvalue weighted by Crippen LogP contribution is 2.19. The predicted molar refractivity (Wildman–Crippen MR) is 73.2 cm³/mol. The van der Waals surface area contributed by atoms with E-state index in [4.69, 9.17) is 0 Å². The Balaban J connectivity index is 1.97. The molecule has 0 aromatic heterocycles. The first-order valence-electron chi connectivity index (χ1n) is 5.87. The molecule has 1 aromatic carbocycles. The number of nitrogens with one attached hydrogen (secondary N) is 1. The zero-order valence-electron chi connectivity index (χ0n) is 9.84. The van der Waals surface area contributed by atoms with Crippen LogP contribution in [0.3, 0.4) is 0 Å². The average Bonchev–Trinajstić information content (AvgIpc) is 3.09. The molecule has 2 rings (SSSR count). The van der Waals surface area contributed by atoms with Crippen molar-refractivity contribution < 1.29 is 13.5 Å². The van der Waals surface area contributed by atoms with Crippen LogP contribution in [0, 0.1) is 0 Å². The van der Waals surface area contributed by atoms with Gasteiger partial charge in [-0.2, -0.15) is 0 Å². The summed E-state index contributed by atoms with van der Waals surface area (Å²) in [5.74, 6) is -0.247. The summed E-state index contributed by atoms with van der Waals surface area (Å²) in [6, 6.07) is 7.00. The molecule has 1 aliphatic carbocycles. The lowest BCUT2D eigenvalue weighted by atomic mass is 10.4. The number of rotatable bonds is 6. The molecule has 18 heavy (non-hydrogen) atoms. The number of aliphatic hydroxyl groups is 1. The molecule has 0 saturated heterocycles. The van der Waals surface area contributed by atoms with Gasteiger partial charge < -0.3 is 10.4 Å². The summed E-state index contributed by atoms with van der Waals surface area (Å²) in [6.07, 6.45) is 1.37. The fraction of sp³-hybridized carbons (Fsp3) is 0.500. The maximum Gasteiger partial charge on any atom is 0.180 e. The molecule has 4 nitrogen and oxygen atoms in total. The Morgan fingerprint density at radius 1 is 1.44 bits per heavy atom. The first-order valence-corrected chi connectivity index (χ1v) is 8.32. The van der Waals surface area contributed by atoms with Crippen LogP contribution >= 0.6 is 15.9 Å². The smallest absolute Gasteiger partial charge is 0.180 e. The van der Waals surface area contributed by atoms with Crippen molar-refractivity contribution >= 4 is 25.8 Å². The quantitative estimate of drug-likeness (QED) is 0.824. The lowest BCUT2D eigenvalue weighted by Crippen LogP contribution is -2.33. The molecule has 100 valence electrons. The van der Waals surface area contributed by atoms with Crippen LogP contribution in [0.25, 0.3) is 0 Å². The van der Waals surface area contributed by atoms with Crippen molar-refractivity contribution in [2.24, 2.45) is 0 Å². The van der Waals surface area contributed by atoms with Crippen molar-refractivity contribution in [1.82, 2.24) is 5.32 Å². The lowest BCUT2D eigenvalue weighted by Gasteiger charge is -2.12. The van der Waals surface area contributed by atoms with Crippen LogP contribution in [-0.2, 0) is 9.84 Å². The maximum absolute atomic E-state index is 12.0. The summed E-state index contributed by atoms with van der Waals surface area (Å²) < 4.78 is 24.8. The van der Waals surface area contributed by atoms with Gasteiger partial charge in [0.25, 0.3) is 0 Å². The Kier molecular flexibility index (Phi) is 4.42. The fourth-order valence-corrected chi connectivity index (χ4v) is 3.62. The van der Waals surface area contributed by atoms with E-state index in [-0.39, 0.29) is 10.6 Å². The van der Waals surface area contributed by atoms with Crippen molar-refractivity contribution in [3.63, 3.8) is 0 Å². The Hall–Kier alpha value is -0.430. The van der Waals surface area contributed by atoms with Gasteiger partial charge in [0.1, 0.15) is 0 Å². The molecule has 0 radical (unpaired) electrons. The van der Waals surface area contributed by atoms with Crippen LogP contribution in [0.2, 0.25) is 0 Å². The van der Waals surface area contributed by atoms with Crippen molar-refractivity contribution in [3.8, 4) is 0 Å². The number of benzene rings is 1. The third-order valence-corrected chi connectivity index (χ3v) is 5.08. The van der Waals surface area contributed by atoms with Gasteiger partial charge in [0.15, 0.2) is 9.84 Å². The second-order valence-corrected chi connectivity index (χ2v) is 7.53. The van der Waals surface area contributed by atoms with Crippen LogP contribution < -0.4 is 5.32 Å². The second-order valence-electron chi connectivity index (χ2n) is 4.58. The molecular formula is C12H16BrNO3S. The molecule has 1 aliphatic rings. The third-order valence-electron chi connectivity index (χ3n) is 2.79. The van der Waals surface area contributed by atoms with Gasteiger partial charge in [-0.15, -0.1) is 0 Å². The highest BCUT2D eigenvalue weighted by Gasteiger charge is 2.24. The first kappa shape index (κ1) is 14.0. The largest absolute Gasteiger partial charge is 0.391 e. The zero-order valence-corrected chi connectivity index (χ0v) is 12.2. The van der Waals surface area contributed by atoms with Crippen LogP contribution in [-0.4, -0.2) is 38.0 Å². The molecular weight excluding hydrogens is 318 g/mol. The van der Waals surface area contributed by atoms with E-state index in [0.29, 0.717) is 17.1 Å². The topological polar surface area (TPSA) is 66.4 Å². The van der Waals surface area contributed by atoms with E-state index in [9.17, 15) is 13.5 Å². The Morgan fingerprint density at radius 3 is 2.78 bits per heavy atom. The molecule has 0 spiro atoms. The summed E-state index contributed by atoms with van der Waals surface area (Å²) in [4.78, 5) is 0.238. The van der Waals surface area contributed by atoms with Gasteiger partial charge in [0, 0.05) is 17.1 Å². The third kappa shape index (κ3) is 4.05. The minimum absolute atomic E-state index is 0.238. The van der Waals surface area contributed by atoms with E-state index in [1.807, 2.05) is 0 Å². The van der Waals surface area contributed by atoms with Crippen molar-refractivity contribution in [1.29, 1.82) is 0 Å². The lowest BCUT2D eigenvalue weighted by molar-refractivity contribution is 0.193. The standard InChI is InChI=1S/C12H16BrNO3S/c13-9-2-1-3-12(6-9)18(16,17)8-11(15)7-14-10-4-5-10/h1-3,6,10-11,14-15H,4-5,7-8H2. The van der Waals surface area contributed by atoms with Gasteiger partial charge in [0.2, 0.25) is 0 Å². The van der Waals surface area contributed by atoms with Crippen LogP contribution in [0.1, 0.15) is 12.8 Å². The molecule has 0 heterocycles. The summed E-state index contributed by atoms with van der Waals surface area (Å²) in [7, 11) is -3.43.